The number of carbonyl (C=O) groups excluding carboxylic acids is 3. The molecule has 3 saturated heterocycles. The van der Waals surface area contributed by atoms with Gasteiger partial charge in [0.1, 0.15) is 73.1 Å². The van der Waals surface area contributed by atoms with Gasteiger partial charge in [0.15, 0.2) is 18.9 Å². The molecule has 6 unspecified atom stereocenters. The predicted octanol–water partition coefficient (Wildman–Crippen LogP) is -2.80. The Labute approximate surface area is 393 Å². The third kappa shape index (κ3) is 20.5. The molecule has 3 heterocycles. The van der Waals surface area contributed by atoms with Gasteiger partial charge in [0, 0.05) is 59.7 Å². The van der Waals surface area contributed by atoms with E-state index in [1.165, 1.54) is 20.8 Å². The number of unbranched alkanes of at least 4 members (excludes halogenated alkanes) is 8. The van der Waals surface area contributed by atoms with E-state index < -0.39 is 129 Å². The molecular weight excluding hydrogens is 890 g/mol. The molecule has 0 radical (unpaired) electrons. The summed E-state index contributed by atoms with van der Waals surface area (Å²) in [5, 5.41) is 98.4. The molecular formula is C44H81N3O20. The Morgan fingerprint density at radius 3 is 1.03 bits per heavy atom. The Morgan fingerprint density at radius 1 is 0.433 bits per heavy atom. The average molecular weight is 972 g/mol. The Hall–Kier alpha value is -2.27. The molecule has 3 amide bonds. The normalized spacial score (nSPS) is 32.7. The van der Waals surface area contributed by atoms with Crippen molar-refractivity contribution in [1.29, 1.82) is 0 Å². The SMILES string of the molecule is CC(=O)NC1[C@H](OCCCCCCCC(COCCCCCO[C@@H]2OC(CO)[C@H](O)[C@H](O)C2NC(C)=O)COCCCCCO[C@@H]2OC(CO)[C@H](O)[C@H](O)C2NC(C)=O)OC(CO)[C@H](O)[C@@H]1O. The van der Waals surface area contributed by atoms with Gasteiger partial charge in [0.05, 0.1) is 33.0 Å². The third-order valence-electron chi connectivity index (χ3n) is 11.9. The van der Waals surface area contributed by atoms with Crippen molar-refractivity contribution in [3.63, 3.8) is 0 Å². The van der Waals surface area contributed by atoms with E-state index in [0.29, 0.717) is 45.7 Å². The molecule has 0 saturated carbocycles. The average Bonchev–Trinajstić information content (AvgIpc) is 3.29. The highest BCUT2D eigenvalue weighted by Crippen LogP contribution is 2.25. The van der Waals surface area contributed by atoms with Crippen molar-refractivity contribution >= 4 is 17.7 Å². The van der Waals surface area contributed by atoms with Crippen molar-refractivity contribution in [3.8, 4) is 0 Å². The van der Waals surface area contributed by atoms with E-state index in [0.717, 1.165) is 57.8 Å². The molecule has 23 heteroatoms. The van der Waals surface area contributed by atoms with Crippen LogP contribution in [0.5, 0.6) is 0 Å². The first-order valence-electron chi connectivity index (χ1n) is 23.8. The lowest BCUT2D eigenvalue weighted by Gasteiger charge is -2.42. The lowest BCUT2D eigenvalue weighted by atomic mass is 9.97. The Bertz CT molecular complexity index is 1220. The first-order chi connectivity index (χ1) is 32.1. The number of aliphatic hydroxyl groups excluding tert-OH is 9. The second-order valence-electron chi connectivity index (χ2n) is 17.6. The molecule has 3 aliphatic heterocycles. The smallest absolute Gasteiger partial charge is 0.217 e. The van der Waals surface area contributed by atoms with Gasteiger partial charge in [-0.05, 0) is 51.4 Å². The van der Waals surface area contributed by atoms with Crippen LogP contribution in [0.25, 0.3) is 0 Å². The molecule has 15 atom stereocenters. The first kappa shape index (κ1) is 59.0. The summed E-state index contributed by atoms with van der Waals surface area (Å²) in [6, 6.07) is -2.98. The second-order valence-corrected chi connectivity index (χ2v) is 17.6. The summed E-state index contributed by atoms with van der Waals surface area (Å²) in [4.78, 5) is 35.1. The standard InChI is InChI=1S/C44H81N3O20/c1-26(51)45-33-39(57)36(54)30(21-48)65-42(33)62-18-12-6-4-5-9-15-29(24-60-16-10-7-13-19-63-43-34(46-27(2)52)40(58)37(55)31(22-49)66-43)25-61-17-11-8-14-20-64-44-35(47-28(3)53)41(59)38(56)32(23-50)67-44/h29-44,48-50,54-59H,4-25H2,1-3H3,(H,45,51)(H,46,52)(H,47,53)/t29?,30?,31?,32?,33?,34?,35?,36-,37-,38-,39+,40+,41+,42+,43+,44+/m0/s1. The number of nitrogens with one attached hydrogen (secondary N) is 3. The number of ether oxygens (including phenoxy) is 8. The fraction of sp³-hybridized carbons (Fsp3) is 0.932. The largest absolute Gasteiger partial charge is 0.394 e. The number of hydrogen-bond donors (Lipinski definition) is 12. The number of hydrogen-bond acceptors (Lipinski definition) is 20. The van der Waals surface area contributed by atoms with Crippen LogP contribution in [0.3, 0.4) is 0 Å². The molecule has 23 nitrogen and oxygen atoms in total. The highest BCUT2D eigenvalue weighted by molar-refractivity contribution is 5.74. The van der Waals surface area contributed by atoms with E-state index in [1.54, 1.807) is 0 Å². The lowest BCUT2D eigenvalue weighted by Crippen LogP contribution is -2.64. The first-order valence-corrected chi connectivity index (χ1v) is 23.8. The maximum absolute atomic E-state index is 11.7. The third-order valence-corrected chi connectivity index (χ3v) is 11.9. The van der Waals surface area contributed by atoms with Gasteiger partial charge in [-0.2, -0.15) is 0 Å². The molecule has 3 fully saturated rings. The zero-order chi connectivity index (χ0) is 49.3. The monoisotopic (exact) mass is 972 g/mol. The van der Waals surface area contributed by atoms with Gasteiger partial charge >= 0.3 is 0 Å². The van der Waals surface area contributed by atoms with Gasteiger partial charge in [0.25, 0.3) is 0 Å². The summed E-state index contributed by atoms with van der Waals surface area (Å²) in [5.41, 5.74) is 0. The molecule has 12 N–H and O–H groups in total. The Kier molecular flexibility index (Phi) is 28.7. The highest BCUT2D eigenvalue weighted by Gasteiger charge is 2.47. The molecule has 392 valence electrons. The van der Waals surface area contributed by atoms with Crippen LogP contribution < -0.4 is 16.0 Å². The molecule has 0 aromatic carbocycles. The quantitative estimate of drug-likeness (QED) is 0.0296. The van der Waals surface area contributed by atoms with E-state index in [2.05, 4.69) is 16.0 Å². The van der Waals surface area contributed by atoms with Gasteiger partial charge in [-0.3, -0.25) is 14.4 Å². The zero-order valence-electron chi connectivity index (χ0n) is 39.3. The van der Waals surface area contributed by atoms with E-state index in [1.807, 2.05) is 0 Å². The van der Waals surface area contributed by atoms with Crippen LogP contribution in [0.15, 0.2) is 0 Å². The fourth-order valence-electron chi connectivity index (χ4n) is 8.18. The van der Waals surface area contributed by atoms with Crippen molar-refractivity contribution < 1.29 is 98.2 Å². The summed E-state index contributed by atoms with van der Waals surface area (Å²) >= 11 is 0. The van der Waals surface area contributed by atoms with Crippen molar-refractivity contribution in [1.82, 2.24) is 16.0 Å². The summed E-state index contributed by atoms with van der Waals surface area (Å²) in [7, 11) is 0. The van der Waals surface area contributed by atoms with Crippen LogP contribution in [-0.2, 0) is 52.3 Å². The minimum atomic E-state index is -1.39. The topological polar surface area (TPSA) is 343 Å². The molecule has 0 spiro atoms. The van der Waals surface area contributed by atoms with Crippen LogP contribution in [0.4, 0.5) is 0 Å². The van der Waals surface area contributed by atoms with Crippen LogP contribution in [-0.4, -0.2) is 222 Å². The summed E-state index contributed by atoms with van der Waals surface area (Å²) in [6.07, 6.45) is -5.03. The van der Waals surface area contributed by atoms with Crippen molar-refractivity contribution in [3.05, 3.63) is 0 Å². The fourth-order valence-corrected chi connectivity index (χ4v) is 8.18. The molecule has 0 bridgehead atoms. The summed E-state index contributed by atoms with van der Waals surface area (Å²) in [6.45, 7) is 5.07. The molecule has 3 aliphatic rings. The van der Waals surface area contributed by atoms with Crippen LogP contribution >= 0.6 is 0 Å². The van der Waals surface area contributed by atoms with Crippen LogP contribution in [0, 0.1) is 5.92 Å². The zero-order valence-corrected chi connectivity index (χ0v) is 39.3. The van der Waals surface area contributed by atoms with Gasteiger partial charge in [-0.1, -0.05) is 25.7 Å². The highest BCUT2D eigenvalue weighted by atomic mass is 16.7. The van der Waals surface area contributed by atoms with Crippen LogP contribution in [0.1, 0.15) is 97.8 Å². The summed E-state index contributed by atoms with van der Waals surface area (Å²) < 4.78 is 46.4. The minimum absolute atomic E-state index is 0.135. The van der Waals surface area contributed by atoms with E-state index >= 15 is 0 Å². The van der Waals surface area contributed by atoms with Gasteiger partial charge in [0.2, 0.25) is 17.7 Å². The van der Waals surface area contributed by atoms with Gasteiger partial charge in [-0.15, -0.1) is 0 Å². The Morgan fingerprint density at radius 2 is 0.716 bits per heavy atom. The molecule has 0 aromatic rings. The van der Waals surface area contributed by atoms with E-state index in [9.17, 15) is 60.3 Å². The second kappa shape index (κ2) is 32.6. The van der Waals surface area contributed by atoms with Crippen molar-refractivity contribution in [2.45, 2.75) is 190 Å². The number of aliphatic hydroxyl groups is 9. The lowest BCUT2D eigenvalue weighted by molar-refractivity contribution is -0.270. The van der Waals surface area contributed by atoms with Crippen molar-refractivity contribution in [2.24, 2.45) is 5.92 Å². The van der Waals surface area contributed by atoms with Crippen molar-refractivity contribution in [2.75, 3.05) is 66.1 Å². The number of carbonyl (C=O) groups is 3. The van der Waals surface area contributed by atoms with E-state index in [-0.39, 0.29) is 25.7 Å². The Balaban J connectivity index is 1.39. The molecule has 0 aliphatic carbocycles. The maximum Gasteiger partial charge on any atom is 0.217 e. The van der Waals surface area contributed by atoms with Gasteiger partial charge < -0.3 is 99.8 Å². The maximum atomic E-state index is 11.7. The minimum Gasteiger partial charge on any atom is -0.394 e. The molecule has 3 rings (SSSR count). The van der Waals surface area contributed by atoms with E-state index in [4.69, 9.17) is 37.9 Å². The summed E-state index contributed by atoms with van der Waals surface area (Å²) in [5.74, 6) is -1.14. The van der Waals surface area contributed by atoms with Crippen LogP contribution in [0.2, 0.25) is 0 Å². The molecule has 0 aromatic heterocycles. The number of amides is 3. The predicted molar refractivity (Wildman–Crippen MR) is 234 cm³/mol. The number of rotatable bonds is 33. The van der Waals surface area contributed by atoms with Gasteiger partial charge in [-0.25, -0.2) is 0 Å². The molecule has 67 heavy (non-hydrogen) atoms.